The van der Waals surface area contributed by atoms with Crippen molar-refractivity contribution in [3.05, 3.63) is 47.5 Å². The standard InChI is InChI=1S/C20H28O7/c1-20(2,26)17(21)10-9-16(19(24)25)8-4-7-15(18(22)23)6-3-5-14-11-12-27-13-14/h6,8,11-13,17,21,26H,3-5,7,9-10H2,1-2H3,(H,22,23)(H,24,25)/b15-6+,16-8+. The van der Waals surface area contributed by atoms with Gasteiger partial charge in [0, 0.05) is 11.1 Å². The van der Waals surface area contributed by atoms with Crippen LogP contribution in [0.1, 0.15) is 51.5 Å². The van der Waals surface area contributed by atoms with Crippen molar-refractivity contribution >= 4 is 11.9 Å². The van der Waals surface area contributed by atoms with Gasteiger partial charge in [-0.2, -0.15) is 0 Å². The minimum Gasteiger partial charge on any atom is -0.478 e. The molecule has 0 fully saturated rings. The Morgan fingerprint density at radius 3 is 2.22 bits per heavy atom. The predicted molar refractivity (Wildman–Crippen MR) is 99.2 cm³/mol. The number of aliphatic hydroxyl groups excluding tert-OH is 1. The largest absolute Gasteiger partial charge is 0.478 e. The molecule has 0 spiro atoms. The van der Waals surface area contributed by atoms with E-state index in [9.17, 15) is 30.0 Å². The Balaban J connectivity index is 2.60. The molecule has 0 aliphatic carbocycles. The molecule has 0 aromatic carbocycles. The van der Waals surface area contributed by atoms with Gasteiger partial charge in [-0.25, -0.2) is 9.59 Å². The average Bonchev–Trinajstić information content (AvgIpc) is 3.07. The first-order chi connectivity index (χ1) is 12.6. The molecule has 0 radical (unpaired) electrons. The van der Waals surface area contributed by atoms with Gasteiger partial charge >= 0.3 is 11.9 Å². The zero-order chi connectivity index (χ0) is 20.4. The molecule has 0 aliphatic rings. The van der Waals surface area contributed by atoms with Crippen LogP contribution in [0.3, 0.4) is 0 Å². The maximum Gasteiger partial charge on any atom is 0.331 e. The van der Waals surface area contributed by atoms with Crippen LogP contribution in [0, 0.1) is 0 Å². The fourth-order valence-electron chi connectivity index (χ4n) is 2.49. The van der Waals surface area contributed by atoms with Gasteiger partial charge in [-0.1, -0.05) is 12.2 Å². The van der Waals surface area contributed by atoms with Crippen molar-refractivity contribution < 1.29 is 34.4 Å². The van der Waals surface area contributed by atoms with Crippen LogP contribution in [0.25, 0.3) is 0 Å². The fraction of sp³-hybridized carbons (Fsp3) is 0.500. The summed E-state index contributed by atoms with van der Waals surface area (Å²) in [6, 6.07) is 1.82. The first-order valence-corrected chi connectivity index (χ1v) is 8.87. The molecule has 0 amide bonds. The number of carboxylic acids is 2. The van der Waals surface area contributed by atoms with Crippen LogP contribution < -0.4 is 0 Å². The SMILES string of the molecule is CC(C)(O)C(O)CC/C(=C\CC/C(=C\CCc1ccoc1)C(=O)O)C(=O)O. The molecule has 1 unspecified atom stereocenters. The summed E-state index contributed by atoms with van der Waals surface area (Å²) in [7, 11) is 0. The summed E-state index contributed by atoms with van der Waals surface area (Å²) in [5.41, 5.74) is 0.00418. The Morgan fingerprint density at radius 1 is 1.11 bits per heavy atom. The third-order valence-corrected chi connectivity index (χ3v) is 4.26. The van der Waals surface area contributed by atoms with E-state index in [1.165, 1.54) is 19.9 Å². The summed E-state index contributed by atoms with van der Waals surface area (Å²) in [5.74, 6) is -2.14. The number of aliphatic hydroxyl groups is 2. The highest BCUT2D eigenvalue weighted by Crippen LogP contribution is 2.18. The molecule has 1 aromatic rings. The number of furan rings is 1. The minimum absolute atomic E-state index is 0.0904. The van der Waals surface area contributed by atoms with E-state index in [2.05, 4.69) is 0 Å². The molecule has 0 saturated heterocycles. The van der Waals surface area contributed by atoms with Gasteiger partial charge < -0.3 is 24.8 Å². The van der Waals surface area contributed by atoms with Gasteiger partial charge in [-0.05, 0) is 64.0 Å². The first kappa shape index (κ1) is 22.7. The highest BCUT2D eigenvalue weighted by atomic mass is 16.4. The molecule has 1 heterocycles. The van der Waals surface area contributed by atoms with E-state index in [4.69, 9.17) is 4.42 Å². The molecule has 4 N–H and O–H groups in total. The number of aliphatic carboxylic acids is 2. The maximum absolute atomic E-state index is 11.3. The molecule has 0 saturated carbocycles. The van der Waals surface area contributed by atoms with Crippen LogP contribution in [-0.4, -0.2) is 44.1 Å². The van der Waals surface area contributed by atoms with E-state index in [0.29, 0.717) is 12.8 Å². The van der Waals surface area contributed by atoms with E-state index in [-0.39, 0.29) is 36.8 Å². The van der Waals surface area contributed by atoms with Gasteiger partial charge in [-0.3, -0.25) is 0 Å². The van der Waals surface area contributed by atoms with Crippen molar-refractivity contribution in [2.75, 3.05) is 0 Å². The van der Waals surface area contributed by atoms with E-state index in [1.54, 1.807) is 18.6 Å². The van der Waals surface area contributed by atoms with Crippen LogP contribution in [0.5, 0.6) is 0 Å². The van der Waals surface area contributed by atoms with E-state index < -0.39 is 23.6 Å². The summed E-state index contributed by atoms with van der Waals surface area (Å²) in [6.45, 7) is 2.91. The second-order valence-electron chi connectivity index (χ2n) is 6.99. The van der Waals surface area contributed by atoms with Crippen molar-refractivity contribution in [1.82, 2.24) is 0 Å². The van der Waals surface area contributed by atoms with Crippen molar-refractivity contribution in [2.24, 2.45) is 0 Å². The van der Waals surface area contributed by atoms with Gasteiger partial charge in [0.15, 0.2) is 0 Å². The minimum atomic E-state index is -1.31. The third-order valence-electron chi connectivity index (χ3n) is 4.26. The lowest BCUT2D eigenvalue weighted by atomic mass is 9.95. The second-order valence-corrected chi connectivity index (χ2v) is 6.99. The molecule has 150 valence electrons. The Bertz CT molecular complexity index is 663. The third kappa shape index (κ3) is 8.70. The van der Waals surface area contributed by atoms with Gasteiger partial charge in [0.25, 0.3) is 0 Å². The van der Waals surface area contributed by atoms with E-state index in [0.717, 1.165) is 5.56 Å². The lowest BCUT2D eigenvalue weighted by molar-refractivity contribution is -0.133. The van der Waals surface area contributed by atoms with Gasteiger partial charge in [0.05, 0.1) is 24.2 Å². The molecular weight excluding hydrogens is 352 g/mol. The first-order valence-electron chi connectivity index (χ1n) is 8.87. The Kier molecular flexibility index (Phi) is 8.97. The lowest BCUT2D eigenvalue weighted by Crippen LogP contribution is -2.35. The monoisotopic (exact) mass is 380 g/mol. The molecule has 0 aliphatic heterocycles. The topological polar surface area (TPSA) is 128 Å². The molecule has 1 atom stereocenters. The highest BCUT2D eigenvalue weighted by molar-refractivity contribution is 5.87. The zero-order valence-corrected chi connectivity index (χ0v) is 15.7. The number of aryl methyl sites for hydroxylation is 1. The smallest absolute Gasteiger partial charge is 0.331 e. The van der Waals surface area contributed by atoms with Gasteiger partial charge in [-0.15, -0.1) is 0 Å². The number of hydrogen-bond acceptors (Lipinski definition) is 5. The Morgan fingerprint density at radius 2 is 1.70 bits per heavy atom. The van der Waals surface area contributed by atoms with E-state index >= 15 is 0 Å². The van der Waals surface area contributed by atoms with Crippen molar-refractivity contribution in [3.8, 4) is 0 Å². The van der Waals surface area contributed by atoms with E-state index in [1.807, 2.05) is 6.07 Å². The maximum atomic E-state index is 11.3. The summed E-state index contributed by atoms with van der Waals surface area (Å²) in [4.78, 5) is 22.7. The number of rotatable bonds is 12. The van der Waals surface area contributed by atoms with Crippen LogP contribution in [-0.2, 0) is 16.0 Å². The number of allylic oxidation sites excluding steroid dienone is 2. The quantitative estimate of drug-likeness (QED) is 0.410. The summed E-state index contributed by atoms with van der Waals surface area (Å²) in [5, 5.41) is 38.1. The Labute approximate surface area is 158 Å². The summed E-state index contributed by atoms with van der Waals surface area (Å²) >= 11 is 0. The normalized spacial score (nSPS) is 14.2. The average molecular weight is 380 g/mol. The molecule has 0 bridgehead atoms. The molecule has 1 rings (SSSR count). The molecule has 7 nitrogen and oxygen atoms in total. The molecule has 1 aromatic heterocycles. The zero-order valence-electron chi connectivity index (χ0n) is 15.7. The number of hydrogen-bond donors (Lipinski definition) is 4. The van der Waals surface area contributed by atoms with Crippen molar-refractivity contribution in [2.45, 2.75) is 64.1 Å². The van der Waals surface area contributed by atoms with Crippen LogP contribution in [0.2, 0.25) is 0 Å². The van der Waals surface area contributed by atoms with Crippen LogP contribution >= 0.6 is 0 Å². The second kappa shape index (κ2) is 10.7. The summed E-state index contributed by atoms with van der Waals surface area (Å²) < 4.78 is 4.96. The van der Waals surface area contributed by atoms with Crippen molar-refractivity contribution in [3.63, 3.8) is 0 Å². The van der Waals surface area contributed by atoms with Gasteiger partial charge in [0.2, 0.25) is 0 Å². The fourth-order valence-corrected chi connectivity index (χ4v) is 2.49. The van der Waals surface area contributed by atoms with Crippen molar-refractivity contribution in [1.29, 1.82) is 0 Å². The lowest BCUT2D eigenvalue weighted by Gasteiger charge is -2.24. The molecule has 7 heteroatoms. The number of carboxylic acid groups (broad SMARTS) is 2. The molecular formula is C20H28O7. The van der Waals surface area contributed by atoms with Crippen LogP contribution in [0.4, 0.5) is 0 Å². The van der Waals surface area contributed by atoms with Crippen LogP contribution in [0.15, 0.2) is 46.3 Å². The number of carbonyl (C=O) groups is 2. The highest BCUT2D eigenvalue weighted by Gasteiger charge is 2.24. The van der Waals surface area contributed by atoms with Gasteiger partial charge in [0.1, 0.15) is 0 Å². The molecule has 27 heavy (non-hydrogen) atoms. The Hall–Kier alpha value is -2.38. The summed E-state index contributed by atoms with van der Waals surface area (Å²) in [6.07, 6.45) is 7.14. The predicted octanol–water partition coefficient (Wildman–Crippen LogP) is 2.93.